The second-order valence-corrected chi connectivity index (χ2v) is 6.35. The highest BCUT2D eigenvalue weighted by Gasteiger charge is 2.23. The number of aliphatic imine (C=N–C) groups is 1. The summed E-state index contributed by atoms with van der Waals surface area (Å²) in [5.74, 6) is 3.09. The van der Waals surface area contributed by atoms with Gasteiger partial charge < -0.3 is 18.9 Å². The average Bonchev–Trinajstić information content (AvgIpc) is 3.22. The average molecular weight is 375 g/mol. The predicted molar refractivity (Wildman–Crippen MR) is 109 cm³/mol. The van der Waals surface area contributed by atoms with Crippen LogP contribution in [0.5, 0.6) is 23.0 Å². The Morgan fingerprint density at radius 3 is 2.11 bits per heavy atom. The molecule has 5 nitrogen and oxygen atoms in total. The lowest BCUT2D eigenvalue weighted by atomic mass is 9.95. The van der Waals surface area contributed by atoms with E-state index in [1.54, 1.807) is 14.2 Å². The van der Waals surface area contributed by atoms with Crippen molar-refractivity contribution in [2.45, 2.75) is 6.92 Å². The van der Waals surface area contributed by atoms with Crippen molar-refractivity contribution in [3.63, 3.8) is 0 Å². The molecule has 0 fully saturated rings. The maximum Gasteiger partial charge on any atom is 0.231 e. The van der Waals surface area contributed by atoms with Gasteiger partial charge in [0.25, 0.3) is 0 Å². The molecule has 5 heteroatoms. The van der Waals surface area contributed by atoms with E-state index in [1.807, 2.05) is 67.6 Å². The zero-order valence-electron chi connectivity index (χ0n) is 16.1. The van der Waals surface area contributed by atoms with Crippen LogP contribution in [-0.4, -0.2) is 26.7 Å². The molecular formula is C23H21NO4. The molecule has 0 radical (unpaired) electrons. The fraction of sp³-hybridized carbons (Fsp3) is 0.174. The zero-order valence-corrected chi connectivity index (χ0v) is 16.1. The third kappa shape index (κ3) is 3.39. The van der Waals surface area contributed by atoms with Gasteiger partial charge in [-0.05, 0) is 61.0 Å². The van der Waals surface area contributed by atoms with Gasteiger partial charge in [0.1, 0.15) is 11.5 Å². The molecule has 0 N–H and O–H groups in total. The zero-order chi connectivity index (χ0) is 19.5. The maximum atomic E-state index is 5.79. The smallest absolute Gasteiger partial charge is 0.231 e. The molecular weight excluding hydrogens is 354 g/mol. The first kappa shape index (κ1) is 17.9. The van der Waals surface area contributed by atoms with Gasteiger partial charge in [-0.25, -0.2) is 0 Å². The lowest BCUT2D eigenvalue weighted by Crippen LogP contribution is -2.00. The summed E-state index contributed by atoms with van der Waals surface area (Å²) in [7, 11) is 3.31. The number of hydrogen-bond donors (Lipinski definition) is 0. The van der Waals surface area contributed by atoms with Crippen LogP contribution in [0.3, 0.4) is 0 Å². The van der Waals surface area contributed by atoms with Gasteiger partial charge in [-0.1, -0.05) is 12.1 Å². The summed E-state index contributed by atoms with van der Waals surface area (Å²) in [4.78, 5) is 4.79. The first-order valence-electron chi connectivity index (χ1n) is 8.96. The Bertz CT molecular complexity index is 1010. The van der Waals surface area contributed by atoms with E-state index in [-0.39, 0.29) is 6.79 Å². The minimum absolute atomic E-state index is 0.219. The topological polar surface area (TPSA) is 49.3 Å². The third-order valence-corrected chi connectivity index (χ3v) is 4.68. The second-order valence-electron chi connectivity index (χ2n) is 6.35. The monoisotopic (exact) mass is 375 g/mol. The van der Waals surface area contributed by atoms with E-state index < -0.39 is 0 Å². The van der Waals surface area contributed by atoms with Crippen molar-refractivity contribution in [1.82, 2.24) is 0 Å². The van der Waals surface area contributed by atoms with E-state index in [2.05, 4.69) is 0 Å². The van der Waals surface area contributed by atoms with Crippen molar-refractivity contribution in [3.05, 3.63) is 66.2 Å². The molecule has 1 heterocycles. The van der Waals surface area contributed by atoms with Crippen LogP contribution in [0.4, 0.5) is 5.69 Å². The van der Waals surface area contributed by atoms with Crippen molar-refractivity contribution in [1.29, 1.82) is 0 Å². The summed E-state index contributed by atoms with van der Waals surface area (Å²) < 4.78 is 21.9. The van der Waals surface area contributed by atoms with Gasteiger partial charge in [0.2, 0.25) is 6.79 Å². The van der Waals surface area contributed by atoms with Gasteiger partial charge in [0, 0.05) is 16.8 Å². The Kier molecular flexibility index (Phi) is 4.89. The summed E-state index contributed by atoms with van der Waals surface area (Å²) in [6.45, 7) is 2.21. The number of hydrogen-bond acceptors (Lipinski definition) is 5. The van der Waals surface area contributed by atoms with Crippen LogP contribution in [-0.2, 0) is 0 Å². The van der Waals surface area contributed by atoms with Gasteiger partial charge in [0.15, 0.2) is 11.5 Å². The first-order chi connectivity index (χ1) is 13.7. The SMILES string of the molecule is COc1ccc(N=C(C)c2ccc3c(c2-c2ccc(OC)cc2)OCO3)cc1. The molecule has 142 valence electrons. The lowest BCUT2D eigenvalue weighted by Gasteiger charge is -2.13. The van der Waals surface area contributed by atoms with E-state index in [4.69, 9.17) is 23.9 Å². The van der Waals surface area contributed by atoms with Crippen molar-refractivity contribution in [2.24, 2.45) is 4.99 Å². The number of rotatable bonds is 5. The van der Waals surface area contributed by atoms with Crippen LogP contribution in [0.1, 0.15) is 12.5 Å². The standard InChI is InChI=1S/C23H21NO4/c1-15(24-17-6-10-19(26-3)11-7-17)20-12-13-21-23(28-14-27-21)22(20)16-4-8-18(25-2)9-5-16/h4-13H,14H2,1-3H3. The van der Waals surface area contributed by atoms with E-state index in [9.17, 15) is 0 Å². The summed E-state index contributed by atoms with van der Waals surface area (Å²) >= 11 is 0. The van der Waals surface area contributed by atoms with Crippen molar-refractivity contribution >= 4 is 11.4 Å². The lowest BCUT2D eigenvalue weighted by molar-refractivity contribution is 0.174. The van der Waals surface area contributed by atoms with E-state index in [0.29, 0.717) is 0 Å². The van der Waals surface area contributed by atoms with Gasteiger partial charge in [-0.15, -0.1) is 0 Å². The van der Waals surface area contributed by atoms with Gasteiger partial charge in [0.05, 0.1) is 19.9 Å². The van der Waals surface area contributed by atoms with E-state index in [0.717, 1.165) is 51.1 Å². The van der Waals surface area contributed by atoms with Crippen LogP contribution in [0.15, 0.2) is 65.7 Å². The number of fused-ring (bicyclic) bond motifs is 1. The Morgan fingerprint density at radius 2 is 1.46 bits per heavy atom. The molecule has 0 aliphatic carbocycles. The summed E-state index contributed by atoms with van der Waals surface area (Å²) in [6, 6.07) is 19.5. The number of methoxy groups -OCH3 is 2. The van der Waals surface area contributed by atoms with Crippen LogP contribution >= 0.6 is 0 Å². The minimum Gasteiger partial charge on any atom is -0.497 e. The molecule has 0 atom stereocenters. The Labute approximate surface area is 164 Å². The highest BCUT2D eigenvalue weighted by molar-refractivity contribution is 6.07. The van der Waals surface area contributed by atoms with Gasteiger partial charge in [-0.2, -0.15) is 0 Å². The highest BCUT2D eigenvalue weighted by atomic mass is 16.7. The molecule has 0 spiro atoms. The number of benzene rings is 3. The fourth-order valence-corrected chi connectivity index (χ4v) is 3.23. The van der Waals surface area contributed by atoms with E-state index >= 15 is 0 Å². The molecule has 1 aliphatic heterocycles. The molecule has 0 saturated carbocycles. The quantitative estimate of drug-likeness (QED) is 0.572. The molecule has 3 aromatic rings. The fourth-order valence-electron chi connectivity index (χ4n) is 3.23. The van der Waals surface area contributed by atoms with E-state index in [1.165, 1.54) is 0 Å². The molecule has 0 aromatic heterocycles. The molecule has 1 aliphatic rings. The van der Waals surface area contributed by atoms with Crippen LogP contribution in [0.2, 0.25) is 0 Å². The third-order valence-electron chi connectivity index (χ3n) is 4.68. The van der Waals surface area contributed by atoms with Gasteiger partial charge >= 0.3 is 0 Å². The Balaban J connectivity index is 1.80. The minimum atomic E-state index is 0.219. The maximum absolute atomic E-state index is 5.79. The molecule has 0 unspecified atom stereocenters. The molecule has 3 aromatic carbocycles. The van der Waals surface area contributed by atoms with Crippen molar-refractivity contribution in [3.8, 4) is 34.1 Å². The molecule has 28 heavy (non-hydrogen) atoms. The number of nitrogens with zero attached hydrogens (tertiary/aromatic N) is 1. The Morgan fingerprint density at radius 1 is 0.821 bits per heavy atom. The molecule has 0 bridgehead atoms. The first-order valence-corrected chi connectivity index (χ1v) is 8.96. The summed E-state index contributed by atoms with van der Waals surface area (Å²) in [5.41, 5.74) is 4.71. The van der Waals surface area contributed by atoms with Crippen LogP contribution < -0.4 is 18.9 Å². The van der Waals surface area contributed by atoms with Crippen molar-refractivity contribution in [2.75, 3.05) is 21.0 Å². The largest absolute Gasteiger partial charge is 0.497 e. The Hall–Kier alpha value is -3.47. The molecule has 0 saturated heterocycles. The second kappa shape index (κ2) is 7.64. The van der Waals surface area contributed by atoms with Crippen molar-refractivity contribution < 1.29 is 18.9 Å². The van der Waals surface area contributed by atoms with Crippen LogP contribution in [0.25, 0.3) is 11.1 Å². The molecule has 0 amide bonds. The van der Waals surface area contributed by atoms with Gasteiger partial charge in [-0.3, -0.25) is 4.99 Å². The number of ether oxygens (including phenoxy) is 4. The molecule has 4 rings (SSSR count). The summed E-state index contributed by atoms with van der Waals surface area (Å²) in [6.07, 6.45) is 0. The van der Waals surface area contributed by atoms with Crippen LogP contribution in [0, 0.1) is 0 Å². The predicted octanol–water partition coefficient (Wildman–Crippen LogP) is 5.24. The normalized spacial score (nSPS) is 12.8. The summed E-state index contributed by atoms with van der Waals surface area (Å²) in [5, 5.41) is 0. The highest BCUT2D eigenvalue weighted by Crippen LogP contribution is 2.44.